The summed E-state index contributed by atoms with van der Waals surface area (Å²) in [6.07, 6.45) is 2.76. The van der Waals surface area contributed by atoms with E-state index in [4.69, 9.17) is 0 Å². The van der Waals surface area contributed by atoms with Crippen molar-refractivity contribution in [3.8, 4) is 0 Å². The van der Waals surface area contributed by atoms with Crippen molar-refractivity contribution < 1.29 is 9.59 Å². The fraction of sp³-hybridized carbons (Fsp3) is 0.417. The summed E-state index contributed by atoms with van der Waals surface area (Å²) in [7, 11) is 0. The van der Waals surface area contributed by atoms with Gasteiger partial charge in [0, 0.05) is 12.1 Å². The molecule has 1 amide bonds. The Kier molecular flexibility index (Phi) is 6.99. The lowest BCUT2D eigenvalue weighted by Crippen LogP contribution is -2.46. The second-order valence-corrected chi connectivity index (χ2v) is 8.07. The number of amides is 1. The maximum Gasteiger partial charge on any atom is 0.251 e. The van der Waals surface area contributed by atoms with Crippen molar-refractivity contribution in [2.24, 2.45) is 5.92 Å². The first kappa shape index (κ1) is 20.3. The molecule has 0 spiro atoms. The Morgan fingerprint density at radius 3 is 2.39 bits per heavy atom. The number of hydrogen-bond donors (Lipinski definition) is 1. The van der Waals surface area contributed by atoms with Crippen molar-refractivity contribution in [2.45, 2.75) is 45.7 Å². The van der Waals surface area contributed by atoms with Crippen molar-refractivity contribution in [3.05, 3.63) is 71.3 Å². The van der Waals surface area contributed by atoms with Crippen molar-refractivity contribution in [1.29, 1.82) is 0 Å². The number of rotatable bonds is 7. The molecule has 0 fully saturated rings. The number of nitrogens with zero attached hydrogens (tertiary/aromatic N) is 1. The third-order valence-electron chi connectivity index (χ3n) is 5.25. The Morgan fingerprint density at radius 2 is 1.68 bits per heavy atom. The van der Waals surface area contributed by atoms with Gasteiger partial charge < -0.3 is 5.32 Å². The van der Waals surface area contributed by atoms with Gasteiger partial charge in [0.15, 0.2) is 5.78 Å². The van der Waals surface area contributed by atoms with E-state index in [9.17, 15) is 9.59 Å². The number of fused-ring (bicyclic) bond motifs is 1. The molecule has 0 radical (unpaired) electrons. The fourth-order valence-electron chi connectivity index (χ4n) is 3.81. The van der Waals surface area contributed by atoms with Gasteiger partial charge in [-0.05, 0) is 55.0 Å². The van der Waals surface area contributed by atoms with E-state index < -0.39 is 6.04 Å². The topological polar surface area (TPSA) is 49.4 Å². The molecule has 0 aromatic heterocycles. The SMILES string of the molecule is CC(C)C[C@H](NC(=O)c1ccccc1)C(=O)CN1CCCc2ccccc2C1. The van der Waals surface area contributed by atoms with Gasteiger partial charge in [-0.3, -0.25) is 14.5 Å². The van der Waals surface area contributed by atoms with Crippen LogP contribution >= 0.6 is 0 Å². The van der Waals surface area contributed by atoms with Crippen LogP contribution in [0.1, 0.15) is 48.2 Å². The molecular formula is C24H30N2O2. The van der Waals surface area contributed by atoms with Crippen LogP contribution in [0.15, 0.2) is 54.6 Å². The van der Waals surface area contributed by atoms with Crippen LogP contribution in [0.2, 0.25) is 0 Å². The molecule has 1 aliphatic heterocycles. The zero-order valence-electron chi connectivity index (χ0n) is 16.9. The lowest BCUT2D eigenvalue weighted by molar-refractivity contribution is -0.122. The number of nitrogens with one attached hydrogen (secondary N) is 1. The molecule has 0 bridgehead atoms. The van der Waals surface area contributed by atoms with Crippen LogP contribution in [0.3, 0.4) is 0 Å². The summed E-state index contributed by atoms with van der Waals surface area (Å²) in [5.74, 6) is 0.244. The van der Waals surface area contributed by atoms with E-state index in [1.54, 1.807) is 12.1 Å². The Labute approximate surface area is 167 Å². The minimum atomic E-state index is -0.453. The van der Waals surface area contributed by atoms with E-state index in [1.807, 2.05) is 18.2 Å². The number of ketones is 1. The minimum Gasteiger partial charge on any atom is -0.342 e. The summed E-state index contributed by atoms with van der Waals surface area (Å²) in [5.41, 5.74) is 3.28. The quantitative estimate of drug-likeness (QED) is 0.796. The molecule has 0 saturated heterocycles. The summed E-state index contributed by atoms with van der Waals surface area (Å²) < 4.78 is 0. The van der Waals surface area contributed by atoms with Crippen molar-refractivity contribution in [3.63, 3.8) is 0 Å². The van der Waals surface area contributed by atoms with E-state index in [-0.39, 0.29) is 11.7 Å². The van der Waals surface area contributed by atoms with Crippen molar-refractivity contribution >= 4 is 11.7 Å². The molecule has 0 aliphatic carbocycles. The molecule has 0 saturated carbocycles. The first-order valence-corrected chi connectivity index (χ1v) is 10.2. The van der Waals surface area contributed by atoms with Crippen molar-refractivity contribution in [2.75, 3.05) is 13.1 Å². The molecule has 1 N–H and O–H groups in total. The molecule has 148 valence electrons. The Morgan fingerprint density at radius 1 is 1.00 bits per heavy atom. The van der Waals surface area contributed by atoms with Crippen LogP contribution in [0.25, 0.3) is 0 Å². The van der Waals surface area contributed by atoms with Gasteiger partial charge in [-0.15, -0.1) is 0 Å². The highest BCUT2D eigenvalue weighted by Crippen LogP contribution is 2.19. The molecule has 2 aromatic rings. The first-order valence-electron chi connectivity index (χ1n) is 10.2. The lowest BCUT2D eigenvalue weighted by atomic mass is 9.99. The van der Waals surface area contributed by atoms with Gasteiger partial charge in [-0.1, -0.05) is 56.3 Å². The third kappa shape index (κ3) is 5.52. The maximum atomic E-state index is 13.1. The summed E-state index contributed by atoms with van der Waals surface area (Å²) in [6, 6.07) is 17.1. The number of hydrogen-bond acceptors (Lipinski definition) is 3. The average Bonchev–Trinajstić information content (AvgIpc) is 2.89. The van der Waals surface area contributed by atoms with Gasteiger partial charge in [0.25, 0.3) is 5.91 Å². The zero-order chi connectivity index (χ0) is 19.9. The molecule has 4 nitrogen and oxygen atoms in total. The second-order valence-electron chi connectivity index (χ2n) is 8.07. The molecule has 2 aromatic carbocycles. The van der Waals surface area contributed by atoms with E-state index >= 15 is 0 Å². The van der Waals surface area contributed by atoms with Gasteiger partial charge in [-0.2, -0.15) is 0 Å². The van der Waals surface area contributed by atoms with Crippen LogP contribution in [-0.4, -0.2) is 35.7 Å². The Hall–Kier alpha value is -2.46. The van der Waals surface area contributed by atoms with Gasteiger partial charge >= 0.3 is 0 Å². The highest BCUT2D eigenvalue weighted by molar-refractivity contribution is 5.98. The van der Waals surface area contributed by atoms with E-state index in [2.05, 4.69) is 48.3 Å². The van der Waals surface area contributed by atoms with Crippen LogP contribution in [0, 0.1) is 5.92 Å². The fourth-order valence-corrected chi connectivity index (χ4v) is 3.81. The molecule has 3 rings (SSSR count). The van der Waals surface area contributed by atoms with Crippen molar-refractivity contribution in [1.82, 2.24) is 10.2 Å². The lowest BCUT2D eigenvalue weighted by Gasteiger charge is -2.25. The van der Waals surface area contributed by atoms with E-state index in [0.29, 0.717) is 24.4 Å². The number of carbonyl (C=O) groups is 2. The van der Waals surface area contributed by atoms with E-state index in [1.165, 1.54) is 11.1 Å². The summed E-state index contributed by atoms with van der Waals surface area (Å²) in [4.78, 5) is 27.9. The molecule has 28 heavy (non-hydrogen) atoms. The zero-order valence-corrected chi connectivity index (χ0v) is 16.9. The molecule has 1 atom stereocenters. The van der Waals surface area contributed by atoms with Gasteiger partial charge in [0.2, 0.25) is 0 Å². The van der Waals surface area contributed by atoms with E-state index in [0.717, 1.165) is 25.9 Å². The first-order chi connectivity index (χ1) is 13.5. The predicted octanol–water partition coefficient (Wildman–Crippen LogP) is 3.85. The molecule has 4 heteroatoms. The molecular weight excluding hydrogens is 348 g/mol. The summed E-state index contributed by atoms with van der Waals surface area (Å²) >= 11 is 0. The normalized spacial score (nSPS) is 15.5. The maximum absolute atomic E-state index is 13.1. The Bertz CT molecular complexity index is 801. The van der Waals surface area contributed by atoms with Gasteiger partial charge in [0.05, 0.1) is 12.6 Å². The number of aryl methyl sites for hydroxylation is 1. The molecule has 1 aliphatic rings. The van der Waals surface area contributed by atoms with Crippen LogP contribution in [0.5, 0.6) is 0 Å². The smallest absolute Gasteiger partial charge is 0.251 e. The second kappa shape index (κ2) is 9.65. The minimum absolute atomic E-state index is 0.0948. The predicted molar refractivity (Wildman–Crippen MR) is 112 cm³/mol. The molecule has 0 unspecified atom stereocenters. The highest BCUT2D eigenvalue weighted by atomic mass is 16.2. The highest BCUT2D eigenvalue weighted by Gasteiger charge is 2.25. The number of carbonyl (C=O) groups excluding carboxylic acids is 2. The summed E-state index contributed by atoms with van der Waals surface area (Å²) in [5, 5.41) is 2.97. The monoisotopic (exact) mass is 378 g/mol. The largest absolute Gasteiger partial charge is 0.342 e. The average molecular weight is 379 g/mol. The standard InChI is InChI=1S/C24H30N2O2/c1-18(2)15-22(25-24(28)20-10-4-3-5-11-20)23(27)17-26-14-8-13-19-9-6-7-12-21(19)16-26/h3-7,9-12,18,22H,8,13-17H2,1-2H3,(H,25,28)/t22-/m0/s1. The van der Waals surface area contributed by atoms with Crippen LogP contribution in [0.4, 0.5) is 0 Å². The summed E-state index contributed by atoms with van der Waals surface area (Å²) in [6.45, 7) is 6.24. The van der Waals surface area contributed by atoms with Crippen LogP contribution < -0.4 is 5.32 Å². The van der Waals surface area contributed by atoms with Gasteiger partial charge in [-0.25, -0.2) is 0 Å². The molecule has 1 heterocycles. The van der Waals surface area contributed by atoms with Crippen LogP contribution in [-0.2, 0) is 17.8 Å². The number of Topliss-reactive ketones (excluding diaryl/α,β-unsaturated/α-hetero) is 1. The number of benzene rings is 2. The third-order valence-corrected chi connectivity index (χ3v) is 5.25. The van der Waals surface area contributed by atoms with Gasteiger partial charge in [0.1, 0.15) is 0 Å². The Balaban J connectivity index is 1.67.